The number of rotatable bonds is 14. The zero-order chi connectivity index (χ0) is 65.3. The Morgan fingerprint density at radius 2 is 0.734 bits per heavy atom. The smallest absolute Gasteiger partial charge is 0.135 e. The van der Waals surface area contributed by atoms with Gasteiger partial charge in [0.2, 0.25) is 0 Å². The van der Waals surface area contributed by atoms with Crippen LogP contribution in [0.15, 0.2) is 271 Å². The van der Waals surface area contributed by atoms with E-state index in [1.54, 1.807) is 0 Å². The van der Waals surface area contributed by atoms with Crippen LogP contribution in [-0.4, -0.2) is 0 Å². The van der Waals surface area contributed by atoms with E-state index in [9.17, 15) is 0 Å². The third-order valence-corrected chi connectivity index (χ3v) is 20.7. The maximum Gasteiger partial charge on any atom is 0.135 e. The standard InChI is InChI=1S/C88H85ClN4O/c1-84(2,3)63-41-48-78(73(54-63)60-27-16-12-17-28-60)93(69-37-26-36-68(55-69)90(64-30-18-13-19-31-64)65-32-20-14-21-33-65)80-59-72(91(66-34-22-15-23-35-66)67-42-39-61(40-43-67)82-53-62-29-24-25-38-81(62)94-82)58-79(83(80)89)92(70-44-46-74-76(56-70)87(8,9)51-49-85(74,4)5)71-45-47-75-77(57-71)88(10,11)52-50-86(75,6)7/h12-48,53-59H,49-52H2,1-11H3. The second-order valence-electron chi connectivity index (χ2n) is 29.7. The number of nitrogens with zero attached hydrogens (tertiary/aromatic N) is 4. The van der Waals surface area contributed by atoms with Crippen molar-refractivity contribution in [2.45, 2.75) is 129 Å². The molecule has 12 aromatic rings. The first-order valence-corrected chi connectivity index (χ1v) is 33.9. The Balaban J connectivity index is 1.10. The molecule has 1 aromatic heterocycles. The van der Waals surface area contributed by atoms with Gasteiger partial charge in [-0.05, 0) is 226 Å². The first kappa shape index (κ1) is 61.9. The molecule has 0 bridgehead atoms. The zero-order valence-corrected chi connectivity index (χ0v) is 57.1. The molecule has 0 N–H and O–H groups in total. The Bertz CT molecular complexity index is 4580. The quantitative estimate of drug-likeness (QED) is 0.108. The maximum absolute atomic E-state index is 8.85. The summed E-state index contributed by atoms with van der Waals surface area (Å²) >= 11 is 8.85. The molecule has 0 radical (unpaired) electrons. The molecule has 1 heterocycles. The van der Waals surface area contributed by atoms with Gasteiger partial charge in [-0.3, -0.25) is 0 Å². The van der Waals surface area contributed by atoms with Gasteiger partial charge >= 0.3 is 0 Å². The second kappa shape index (κ2) is 24.1. The first-order chi connectivity index (χ1) is 45.1. The minimum Gasteiger partial charge on any atom is -0.456 e. The van der Waals surface area contributed by atoms with Crippen molar-refractivity contribution in [1.29, 1.82) is 0 Å². The number of hydrogen-bond donors (Lipinski definition) is 0. The van der Waals surface area contributed by atoms with E-state index in [2.05, 4.69) is 351 Å². The number of anilines is 12. The lowest BCUT2D eigenvalue weighted by atomic mass is 9.63. The minimum atomic E-state index is -0.155. The summed E-state index contributed by atoms with van der Waals surface area (Å²) in [5.74, 6) is 0.821. The molecule has 11 aromatic carbocycles. The molecule has 0 aliphatic heterocycles. The summed E-state index contributed by atoms with van der Waals surface area (Å²) in [5, 5.41) is 1.67. The molecule has 0 spiro atoms. The van der Waals surface area contributed by atoms with Crippen LogP contribution < -0.4 is 19.6 Å². The molecule has 14 rings (SSSR count). The average Bonchev–Trinajstić information content (AvgIpc) is 0.845. The summed E-state index contributed by atoms with van der Waals surface area (Å²) in [6.45, 7) is 26.3. The van der Waals surface area contributed by atoms with E-state index in [1.165, 1.54) is 27.8 Å². The summed E-state index contributed by atoms with van der Waals surface area (Å²) in [4.78, 5) is 9.66. The number of halogens is 1. The largest absolute Gasteiger partial charge is 0.456 e. The van der Waals surface area contributed by atoms with Gasteiger partial charge in [0, 0.05) is 62.0 Å². The molecule has 0 fully saturated rings. The van der Waals surface area contributed by atoms with Crippen LogP contribution in [0.25, 0.3) is 33.4 Å². The van der Waals surface area contributed by atoms with E-state index in [1.807, 2.05) is 12.1 Å². The van der Waals surface area contributed by atoms with Crippen LogP contribution in [0.2, 0.25) is 5.02 Å². The summed E-state index contributed by atoms with van der Waals surface area (Å²) in [7, 11) is 0. The molecule has 2 aliphatic rings. The number of benzene rings is 11. The topological polar surface area (TPSA) is 26.1 Å². The second-order valence-corrected chi connectivity index (χ2v) is 30.1. The van der Waals surface area contributed by atoms with Crippen molar-refractivity contribution < 1.29 is 4.42 Å². The van der Waals surface area contributed by atoms with Gasteiger partial charge in [-0.25, -0.2) is 0 Å². The molecule has 0 amide bonds. The van der Waals surface area contributed by atoms with Crippen molar-refractivity contribution >= 4 is 90.8 Å². The molecule has 0 saturated carbocycles. The van der Waals surface area contributed by atoms with Crippen molar-refractivity contribution in [1.82, 2.24) is 0 Å². The fourth-order valence-electron chi connectivity index (χ4n) is 14.6. The summed E-state index contributed by atoms with van der Waals surface area (Å²) in [6.07, 6.45) is 4.39. The van der Waals surface area contributed by atoms with Crippen LogP contribution in [0.4, 0.5) is 68.2 Å². The summed E-state index contributed by atoms with van der Waals surface area (Å²) < 4.78 is 6.51. The van der Waals surface area contributed by atoms with Crippen LogP contribution >= 0.6 is 11.6 Å². The Morgan fingerprint density at radius 3 is 1.24 bits per heavy atom. The van der Waals surface area contributed by atoms with Gasteiger partial charge in [0.1, 0.15) is 11.3 Å². The molecular weight excluding hydrogens is 1160 g/mol. The van der Waals surface area contributed by atoms with Gasteiger partial charge in [0.25, 0.3) is 0 Å². The predicted molar refractivity (Wildman–Crippen MR) is 400 cm³/mol. The average molecular weight is 1250 g/mol. The van der Waals surface area contributed by atoms with E-state index in [0.29, 0.717) is 5.02 Å². The van der Waals surface area contributed by atoms with Crippen LogP contribution in [0.5, 0.6) is 0 Å². The highest BCUT2D eigenvalue weighted by molar-refractivity contribution is 6.37. The maximum atomic E-state index is 8.85. The third-order valence-electron chi connectivity index (χ3n) is 20.4. The Kier molecular flexibility index (Phi) is 15.9. The molecule has 5 nitrogen and oxygen atoms in total. The van der Waals surface area contributed by atoms with E-state index < -0.39 is 0 Å². The lowest BCUT2D eigenvalue weighted by Crippen LogP contribution is -2.34. The van der Waals surface area contributed by atoms with Gasteiger partial charge in [0.15, 0.2) is 0 Å². The number of para-hydroxylation sites is 4. The lowest BCUT2D eigenvalue weighted by molar-refractivity contribution is 0.332. The molecular formula is C88H85ClN4O. The monoisotopic (exact) mass is 1250 g/mol. The van der Waals surface area contributed by atoms with E-state index >= 15 is 0 Å². The van der Waals surface area contributed by atoms with Crippen LogP contribution in [0.3, 0.4) is 0 Å². The highest BCUT2D eigenvalue weighted by Crippen LogP contribution is 2.56. The zero-order valence-electron chi connectivity index (χ0n) is 56.3. The van der Waals surface area contributed by atoms with Crippen molar-refractivity contribution in [3.8, 4) is 22.5 Å². The Morgan fingerprint density at radius 1 is 0.319 bits per heavy atom. The van der Waals surface area contributed by atoms with E-state index in [-0.39, 0.29) is 27.1 Å². The third kappa shape index (κ3) is 11.7. The number of fused-ring (bicyclic) bond motifs is 3. The van der Waals surface area contributed by atoms with Crippen molar-refractivity contribution in [2.24, 2.45) is 0 Å². The fourth-order valence-corrected chi connectivity index (χ4v) is 14.9. The molecule has 0 saturated heterocycles. The molecule has 0 atom stereocenters. The minimum absolute atomic E-state index is 0.00114. The number of hydrogen-bond acceptors (Lipinski definition) is 5. The van der Waals surface area contributed by atoms with Gasteiger partial charge in [0.05, 0.1) is 27.8 Å². The Labute approximate surface area is 562 Å². The highest BCUT2D eigenvalue weighted by atomic mass is 35.5. The summed E-state index contributed by atoms with van der Waals surface area (Å²) in [6, 6.07) is 97.5. The van der Waals surface area contributed by atoms with Gasteiger partial charge in [-0.2, -0.15) is 0 Å². The van der Waals surface area contributed by atoms with Crippen LogP contribution in [-0.2, 0) is 27.1 Å². The molecule has 0 unspecified atom stereocenters. The molecule has 6 heteroatoms. The number of furan rings is 1. The Hall–Kier alpha value is -9.55. The van der Waals surface area contributed by atoms with Gasteiger partial charge in [-0.15, -0.1) is 0 Å². The van der Waals surface area contributed by atoms with Gasteiger partial charge in [-0.1, -0.05) is 215 Å². The highest BCUT2D eigenvalue weighted by Gasteiger charge is 2.40. The van der Waals surface area contributed by atoms with Crippen LogP contribution in [0.1, 0.15) is 130 Å². The lowest BCUT2D eigenvalue weighted by Gasteiger charge is -2.43. The predicted octanol–water partition coefficient (Wildman–Crippen LogP) is 26.3. The van der Waals surface area contributed by atoms with E-state index in [0.717, 1.165) is 127 Å². The van der Waals surface area contributed by atoms with Crippen LogP contribution in [0, 0.1) is 0 Å². The first-order valence-electron chi connectivity index (χ1n) is 33.5. The van der Waals surface area contributed by atoms with Gasteiger partial charge < -0.3 is 24.0 Å². The van der Waals surface area contributed by atoms with E-state index in [4.69, 9.17) is 16.0 Å². The fraction of sp³-hybridized carbons (Fsp3) is 0.227. The molecule has 94 heavy (non-hydrogen) atoms. The summed E-state index contributed by atoms with van der Waals surface area (Å²) in [5.41, 5.74) is 22.2. The normalized spacial score (nSPS) is 15.2. The van der Waals surface area contributed by atoms with Crippen molar-refractivity contribution in [3.05, 3.63) is 300 Å². The molecule has 470 valence electrons. The van der Waals surface area contributed by atoms with Crippen molar-refractivity contribution in [2.75, 3.05) is 19.6 Å². The SMILES string of the molecule is CC(C)(C)c1ccc(N(c2cccc(N(c3ccccc3)c3ccccc3)c2)c2cc(N(c3ccccc3)c3ccc(-c4cc5ccccc5o4)cc3)cc(N(c3ccc4c(c3)C(C)(C)CCC4(C)C)c3ccc4c(c3)C(C)(C)CCC4(C)C)c2Cl)c(-c2ccccc2)c1. The van der Waals surface area contributed by atoms with Crippen molar-refractivity contribution in [3.63, 3.8) is 0 Å². The molecule has 2 aliphatic carbocycles.